The van der Waals surface area contributed by atoms with Crippen molar-refractivity contribution in [2.24, 2.45) is 4.99 Å². The molecule has 0 aromatic heterocycles. The minimum atomic E-state index is -0.222. The molecule has 7 nitrogen and oxygen atoms in total. The van der Waals surface area contributed by atoms with Gasteiger partial charge in [-0.25, -0.2) is 0 Å². The molecular weight excluding hydrogens is 354 g/mol. The zero-order chi connectivity index (χ0) is 18.5. The third-order valence-electron chi connectivity index (χ3n) is 4.40. The van der Waals surface area contributed by atoms with Gasteiger partial charge in [0.15, 0.2) is 5.17 Å². The van der Waals surface area contributed by atoms with E-state index in [0.29, 0.717) is 22.9 Å². The number of aliphatic hydroxyl groups is 1. The van der Waals surface area contributed by atoms with E-state index in [4.69, 9.17) is 14.6 Å². The van der Waals surface area contributed by atoms with Crippen LogP contribution in [0, 0.1) is 0 Å². The van der Waals surface area contributed by atoms with Crippen molar-refractivity contribution in [1.29, 1.82) is 0 Å². The van der Waals surface area contributed by atoms with E-state index in [1.807, 2.05) is 18.2 Å². The van der Waals surface area contributed by atoms with Gasteiger partial charge in [-0.1, -0.05) is 0 Å². The predicted molar refractivity (Wildman–Crippen MR) is 103 cm³/mol. The highest BCUT2D eigenvalue weighted by Gasteiger charge is 2.28. The molecule has 0 atom stereocenters. The Labute approximate surface area is 157 Å². The van der Waals surface area contributed by atoms with Crippen LogP contribution < -0.4 is 9.47 Å². The van der Waals surface area contributed by atoms with Crippen molar-refractivity contribution in [1.82, 2.24) is 9.80 Å². The topological polar surface area (TPSA) is 74.6 Å². The molecular formula is C18H23N3O4S. The number of thioether (sulfide) groups is 1. The number of rotatable bonds is 5. The van der Waals surface area contributed by atoms with E-state index < -0.39 is 0 Å². The van der Waals surface area contributed by atoms with E-state index in [0.717, 1.165) is 36.9 Å². The van der Waals surface area contributed by atoms with Gasteiger partial charge >= 0.3 is 0 Å². The molecule has 1 fully saturated rings. The van der Waals surface area contributed by atoms with Gasteiger partial charge in [0.25, 0.3) is 5.91 Å². The minimum absolute atomic E-state index is 0.171. The molecule has 0 spiro atoms. The molecule has 1 aromatic carbocycles. The summed E-state index contributed by atoms with van der Waals surface area (Å²) in [5.74, 6) is 1.13. The van der Waals surface area contributed by atoms with Crippen molar-refractivity contribution >= 4 is 28.9 Å². The molecule has 0 aliphatic carbocycles. The van der Waals surface area contributed by atoms with Crippen molar-refractivity contribution in [3.63, 3.8) is 0 Å². The molecule has 1 amide bonds. The van der Waals surface area contributed by atoms with Crippen molar-refractivity contribution < 1.29 is 19.4 Å². The predicted octanol–water partition coefficient (Wildman–Crippen LogP) is 1.28. The van der Waals surface area contributed by atoms with E-state index in [2.05, 4.69) is 14.8 Å². The minimum Gasteiger partial charge on any atom is -0.497 e. The van der Waals surface area contributed by atoms with Gasteiger partial charge < -0.3 is 19.5 Å². The molecule has 1 aromatic rings. The third-order valence-corrected chi connectivity index (χ3v) is 5.44. The van der Waals surface area contributed by atoms with Gasteiger partial charge in [-0.3, -0.25) is 9.69 Å². The van der Waals surface area contributed by atoms with E-state index in [-0.39, 0.29) is 12.5 Å². The van der Waals surface area contributed by atoms with Crippen molar-refractivity contribution in [2.45, 2.75) is 0 Å². The maximum Gasteiger partial charge on any atom is 0.286 e. The van der Waals surface area contributed by atoms with Crippen molar-refractivity contribution in [3.05, 3.63) is 28.7 Å². The number of β-amino-alcohol motifs (C(OH)–C–C–N with tert-alkyl or cyclic N) is 1. The van der Waals surface area contributed by atoms with Crippen molar-refractivity contribution in [3.8, 4) is 11.5 Å². The lowest BCUT2D eigenvalue weighted by Crippen LogP contribution is -2.48. The van der Waals surface area contributed by atoms with Gasteiger partial charge in [-0.2, -0.15) is 4.99 Å². The molecule has 8 heteroatoms. The highest BCUT2D eigenvalue weighted by molar-refractivity contribution is 8.18. The van der Waals surface area contributed by atoms with Gasteiger partial charge in [0.05, 0.1) is 25.7 Å². The number of amides is 1. The van der Waals surface area contributed by atoms with Crippen LogP contribution in [0.2, 0.25) is 0 Å². The smallest absolute Gasteiger partial charge is 0.286 e. The van der Waals surface area contributed by atoms with Crippen LogP contribution >= 0.6 is 11.8 Å². The summed E-state index contributed by atoms with van der Waals surface area (Å²) >= 11 is 1.40. The van der Waals surface area contributed by atoms with Gasteiger partial charge in [-0.05, 0) is 30.0 Å². The van der Waals surface area contributed by atoms with Gasteiger partial charge in [0.2, 0.25) is 0 Å². The molecule has 3 rings (SSSR count). The van der Waals surface area contributed by atoms with Crippen LogP contribution in [0.5, 0.6) is 11.5 Å². The molecule has 1 saturated heterocycles. The SMILES string of the molecule is COc1ccc(C=C2SC(N3CCN(CCO)CC3)=NC2=O)c(OC)c1. The molecule has 0 radical (unpaired) electrons. The number of carbonyl (C=O) groups excluding carboxylic acids is 1. The first-order chi connectivity index (χ1) is 12.6. The maximum atomic E-state index is 12.3. The second-order valence-corrected chi connectivity index (χ2v) is 6.98. The number of ether oxygens (including phenoxy) is 2. The Hall–Kier alpha value is -2.03. The van der Waals surface area contributed by atoms with E-state index in [1.165, 1.54) is 11.8 Å². The highest BCUT2D eigenvalue weighted by Crippen LogP contribution is 2.33. The summed E-state index contributed by atoms with van der Waals surface area (Å²) in [5, 5.41) is 9.78. The van der Waals surface area contributed by atoms with Crippen LogP contribution in [0.1, 0.15) is 5.56 Å². The zero-order valence-corrected chi connectivity index (χ0v) is 15.8. The fourth-order valence-corrected chi connectivity index (χ4v) is 3.87. The molecule has 0 bridgehead atoms. The number of hydrogen-bond acceptors (Lipinski definition) is 7. The molecule has 140 valence electrons. The summed E-state index contributed by atoms with van der Waals surface area (Å²) in [6, 6.07) is 5.49. The first-order valence-electron chi connectivity index (χ1n) is 8.47. The highest BCUT2D eigenvalue weighted by atomic mass is 32.2. The summed E-state index contributed by atoms with van der Waals surface area (Å²) in [6.45, 7) is 4.19. The second kappa shape index (κ2) is 8.57. The van der Waals surface area contributed by atoms with Crippen LogP contribution in [0.4, 0.5) is 0 Å². The Morgan fingerprint density at radius 1 is 1.23 bits per heavy atom. The Morgan fingerprint density at radius 2 is 2.00 bits per heavy atom. The molecule has 2 aliphatic heterocycles. The number of benzene rings is 1. The number of carbonyl (C=O) groups is 1. The van der Waals surface area contributed by atoms with Crippen LogP contribution in [-0.4, -0.2) is 79.5 Å². The summed E-state index contributed by atoms with van der Waals surface area (Å²) < 4.78 is 10.6. The van der Waals surface area contributed by atoms with Crippen LogP contribution in [0.15, 0.2) is 28.1 Å². The number of nitrogens with zero attached hydrogens (tertiary/aromatic N) is 3. The molecule has 2 aliphatic rings. The Balaban J connectivity index is 1.69. The van der Waals surface area contributed by atoms with Gasteiger partial charge in [-0.15, -0.1) is 0 Å². The second-order valence-electron chi connectivity index (χ2n) is 5.97. The molecule has 26 heavy (non-hydrogen) atoms. The lowest BCUT2D eigenvalue weighted by atomic mass is 10.1. The number of hydrogen-bond donors (Lipinski definition) is 1. The fourth-order valence-electron chi connectivity index (χ4n) is 2.92. The monoisotopic (exact) mass is 377 g/mol. The lowest BCUT2D eigenvalue weighted by molar-refractivity contribution is -0.113. The molecule has 1 N–H and O–H groups in total. The zero-order valence-electron chi connectivity index (χ0n) is 15.0. The Kier molecular flexibility index (Phi) is 6.18. The molecule has 2 heterocycles. The van der Waals surface area contributed by atoms with E-state index in [1.54, 1.807) is 20.3 Å². The van der Waals surface area contributed by atoms with Gasteiger partial charge in [0, 0.05) is 44.4 Å². The average Bonchev–Trinajstić information content (AvgIpc) is 3.03. The summed E-state index contributed by atoms with van der Waals surface area (Å²) in [5.41, 5.74) is 0.813. The molecule has 0 unspecified atom stereocenters. The number of aliphatic hydroxyl groups excluding tert-OH is 1. The summed E-state index contributed by atoms with van der Waals surface area (Å²) in [4.78, 5) is 21.4. The van der Waals surface area contributed by atoms with Gasteiger partial charge in [0.1, 0.15) is 11.5 Å². The first-order valence-corrected chi connectivity index (χ1v) is 9.29. The number of amidine groups is 1. The van der Waals surface area contributed by atoms with Crippen LogP contribution in [0.25, 0.3) is 6.08 Å². The number of piperazine rings is 1. The van der Waals surface area contributed by atoms with E-state index >= 15 is 0 Å². The van der Waals surface area contributed by atoms with Crippen molar-refractivity contribution in [2.75, 3.05) is 53.6 Å². The lowest BCUT2D eigenvalue weighted by Gasteiger charge is -2.34. The molecule has 0 saturated carbocycles. The number of aliphatic imine (C=N–C) groups is 1. The number of methoxy groups -OCH3 is 2. The van der Waals surface area contributed by atoms with Crippen LogP contribution in [-0.2, 0) is 4.79 Å². The fraction of sp³-hybridized carbons (Fsp3) is 0.444. The Bertz CT molecular complexity index is 727. The average molecular weight is 377 g/mol. The summed E-state index contributed by atoms with van der Waals surface area (Å²) in [7, 11) is 3.19. The summed E-state index contributed by atoms with van der Waals surface area (Å²) in [6.07, 6.45) is 1.81. The standard InChI is InChI=1S/C18H23N3O4S/c1-24-14-4-3-13(15(12-14)25-2)11-16-17(23)19-18(26-16)21-7-5-20(6-8-21)9-10-22/h3-4,11-12,22H,5-10H2,1-2H3. The van der Waals surface area contributed by atoms with Crippen LogP contribution in [0.3, 0.4) is 0 Å². The normalized spacial score (nSPS) is 19.8. The maximum absolute atomic E-state index is 12.3. The third kappa shape index (κ3) is 4.20. The first kappa shape index (κ1) is 18.8. The van der Waals surface area contributed by atoms with E-state index in [9.17, 15) is 4.79 Å². The quantitative estimate of drug-likeness (QED) is 0.775. The largest absolute Gasteiger partial charge is 0.497 e. The Morgan fingerprint density at radius 3 is 2.65 bits per heavy atom.